The predicted molar refractivity (Wildman–Crippen MR) is 77.1 cm³/mol. The summed E-state index contributed by atoms with van der Waals surface area (Å²) in [6, 6.07) is 12.7. The monoisotopic (exact) mass is 308 g/mol. The second kappa shape index (κ2) is 5.40. The van der Waals surface area contributed by atoms with Gasteiger partial charge in [0.1, 0.15) is 5.82 Å². The van der Waals surface area contributed by atoms with Crippen molar-refractivity contribution in [3.63, 3.8) is 0 Å². The molecule has 0 aliphatic rings. The number of anilines is 2. The van der Waals surface area contributed by atoms with Crippen molar-refractivity contribution in [3.8, 4) is 0 Å². The third-order valence-electron chi connectivity index (χ3n) is 2.77. The molecule has 0 aliphatic heterocycles. The molecular weight excluding hydrogens is 295 g/mol. The number of nitrogens with two attached hydrogens (primary N) is 1. The van der Waals surface area contributed by atoms with Gasteiger partial charge in [0.15, 0.2) is 0 Å². The van der Waals surface area contributed by atoms with Crippen LogP contribution in [0.2, 0.25) is 0 Å². The number of benzene rings is 2. The van der Waals surface area contributed by atoms with Crippen molar-refractivity contribution < 1.29 is 4.39 Å². The summed E-state index contributed by atoms with van der Waals surface area (Å²) in [7, 11) is 1.96. The van der Waals surface area contributed by atoms with Gasteiger partial charge in [0.2, 0.25) is 0 Å². The highest BCUT2D eigenvalue weighted by Crippen LogP contribution is 2.24. The third kappa shape index (κ3) is 2.82. The van der Waals surface area contributed by atoms with Crippen LogP contribution in [0.4, 0.5) is 15.8 Å². The summed E-state index contributed by atoms with van der Waals surface area (Å²) < 4.78 is 13.9. The van der Waals surface area contributed by atoms with Crippen molar-refractivity contribution in [2.24, 2.45) is 0 Å². The van der Waals surface area contributed by atoms with E-state index in [4.69, 9.17) is 5.73 Å². The molecule has 0 aliphatic carbocycles. The second-order valence-corrected chi connectivity index (χ2v) is 4.95. The quantitative estimate of drug-likeness (QED) is 0.874. The number of hydrogen-bond acceptors (Lipinski definition) is 2. The molecule has 0 saturated heterocycles. The highest BCUT2D eigenvalue weighted by Gasteiger charge is 2.08. The Morgan fingerprint density at radius 1 is 1.17 bits per heavy atom. The lowest BCUT2D eigenvalue weighted by Gasteiger charge is -2.20. The van der Waals surface area contributed by atoms with E-state index in [0.29, 0.717) is 11.0 Å². The molecule has 0 amide bonds. The summed E-state index contributed by atoms with van der Waals surface area (Å²) in [5.41, 5.74) is 8.34. The molecule has 0 spiro atoms. The number of halogens is 2. The molecule has 0 heterocycles. The van der Waals surface area contributed by atoms with Gasteiger partial charge in [-0.05, 0) is 51.8 Å². The Hall–Kier alpha value is -1.55. The molecule has 2 nitrogen and oxygen atoms in total. The van der Waals surface area contributed by atoms with Crippen LogP contribution >= 0.6 is 15.9 Å². The zero-order valence-electron chi connectivity index (χ0n) is 10.0. The van der Waals surface area contributed by atoms with Gasteiger partial charge >= 0.3 is 0 Å². The summed E-state index contributed by atoms with van der Waals surface area (Å²) in [5.74, 6) is -0.238. The van der Waals surface area contributed by atoms with Crippen LogP contribution in [0.3, 0.4) is 0 Å². The summed E-state index contributed by atoms with van der Waals surface area (Å²) in [4.78, 5) is 2.04. The zero-order valence-corrected chi connectivity index (χ0v) is 11.6. The van der Waals surface area contributed by atoms with E-state index in [0.717, 1.165) is 16.9 Å². The topological polar surface area (TPSA) is 29.3 Å². The third-order valence-corrected chi connectivity index (χ3v) is 3.66. The Bertz CT molecular complexity index is 540. The Morgan fingerprint density at radius 3 is 2.50 bits per heavy atom. The average molecular weight is 309 g/mol. The Morgan fingerprint density at radius 2 is 1.83 bits per heavy atom. The molecule has 18 heavy (non-hydrogen) atoms. The van der Waals surface area contributed by atoms with Crippen molar-refractivity contribution >= 4 is 27.3 Å². The first-order valence-electron chi connectivity index (χ1n) is 5.57. The van der Waals surface area contributed by atoms with Crippen LogP contribution in [-0.2, 0) is 6.54 Å². The molecule has 0 saturated carbocycles. The van der Waals surface area contributed by atoms with Crippen molar-refractivity contribution in [1.82, 2.24) is 0 Å². The van der Waals surface area contributed by atoms with Gasteiger partial charge in [-0.2, -0.15) is 0 Å². The van der Waals surface area contributed by atoms with Gasteiger partial charge in [-0.1, -0.05) is 12.1 Å². The molecule has 0 atom stereocenters. The molecule has 94 valence electrons. The van der Waals surface area contributed by atoms with Gasteiger partial charge in [0.25, 0.3) is 0 Å². The van der Waals surface area contributed by atoms with Gasteiger partial charge in [-0.3, -0.25) is 0 Å². The number of hydrogen-bond donors (Lipinski definition) is 1. The molecular formula is C14H14BrFN2. The van der Waals surface area contributed by atoms with Gasteiger partial charge < -0.3 is 10.6 Å². The summed E-state index contributed by atoms with van der Waals surface area (Å²) >= 11 is 3.27. The first-order chi connectivity index (χ1) is 8.58. The molecule has 2 rings (SSSR count). The molecule has 0 aromatic heterocycles. The SMILES string of the molecule is CN(Cc1cccc(F)c1Br)c1ccc(N)cc1. The second-order valence-electron chi connectivity index (χ2n) is 4.16. The maximum absolute atomic E-state index is 13.4. The van der Waals surface area contributed by atoms with Crippen molar-refractivity contribution in [2.75, 3.05) is 17.7 Å². The lowest BCUT2D eigenvalue weighted by atomic mass is 10.2. The van der Waals surface area contributed by atoms with Crippen LogP contribution in [-0.4, -0.2) is 7.05 Å². The van der Waals surface area contributed by atoms with Crippen LogP contribution in [0.25, 0.3) is 0 Å². The molecule has 0 fully saturated rings. The van der Waals surface area contributed by atoms with Gasteiger partial charge in [0.05, 0.1) is 4.47 Å². The normalized spacial score (nSPS) is 10.4. The minimum Gasteiger partial charge on any atom is -0.399 e. The Kier molecular flexibility index (Phi) is 3.87. The lowest BCUT2D eigenvalue weighted by Crippen LogP contribution is -2.16. The van der Waals surface area contributed by atoms with E-state index in [2.05, 4.69) is 15.9 Å². The van der Waals surface area contributed by atoms with Crippen LogP contribution < -0.4 is 10.6 Å². The van der Waals surface area contributed by atoms with E-state index in [9.17, 15) is 4.39 Å². The maximum atomic E-state index is 13.4. The Balaban J connectivity index is 2.18. The van der Waals surface area contributed by atoms with Crippen molar-refractivity contribution in [1.29, 1.82) is 0 Å². The highest BCUT2D eigenvalue weighted by molar-refractivity contribution is 9.10. The van der Waals surface area contributed by atoms with E-state index < -0.39 is 0 Å². The van der Waals surface area contributed by atoms with Crippen molar-refractivity contribution in [3.05, 3.63) is 58.3 Å². The largest absolute Gasteiger partial charge is 0.399 e. The standard InChI is InChI=1S/C14H14BrFN2/c1-18(12-7-5-11(17)6-8-12)9-10-3-2-4-13(16)14(10)15/h2-8H,9,17H2,1H3. The lowest BCUT2D eigenvalue weighted by molar-refractivity contribution is 0.617. The zero-order chi connectivity index (χ0) is 13.1. The smallest absolute Gasteiger partial charge is 0.137 e. The highest BCUT2D eigenvalue weighted by atomic mass is 79.9. The number of rotatable bonds is 3. The van der Waals surface area contributed by atoms with E-state index in [1.54, 1.807) is 6.07 Å². The van der Waals surface area contributed by atoms with E-state index in [1.165, 1.54) is 6.07 Å². The maximum Gasteiger partial charge on any atom is 0.137 e. The van der Waals surface area contributed by atoms with E-state index in [1.807, 2.05) is 42.3 Å². The summed E-state index contributed by atoms with van der Waals surface area (Å²) in [6.45, 7) is 0.627. The number of nitrogens with zero attached hydrogens (tertiary/aromatic N) is 1. The summed E-state index contributed by atoms with van der Waals surface area (Å²) in [5, 5.41) is 0. The van der Waals surface area contributed by atoms with Crippen LogP contribution in [0.1, 0.15) is 5.56 Å². The molecule has 2 aromatic rings. The molecule has 4 heteroatoms. The molecule has 0 bridgehead atoms. The summed E-state index contributed by atoms with van der Waals surface area (Å²) in [6.07, 6.45) is 0. The fourth-order valence-corrected chi connectivity index (χ4v) is 2.14. The minimum atomic E-state index is -0.238. The first kappa shape index (κ1) is 12.9. The fourth-order valence-electron chi connectivity index (χ4n) is 1.75. The van der Waals surface area contributed by atoms with E-state index >= 15 is 0 Å². The van der Waals surface area contributed by atoms with Crippen LogP contribution in [0.5, 0.6) is 0 Å². The van der Waals surface area contributed by atoms with Gasteiger partial charge in [0, 0.05) is 25.0 Å². The first-order valence-corrected chi connectivity index (χ1v) is 6.37. The molecule has 2 aromatic carbocycles. The number of nitrogen functional groups attached to an aromatic ring is 1. The van der Waals surface area contributed by atoms with Gasteiger partial charge in [-0.25, -0.2) is 4.39 Å². The van der Waals surface area contributed by atoms with Gasteiger partial charge in [-0.15, -0.1) is 0 Å². The average Bonchev–Trinajstić information content (AvgIpc) is 2.36. The Labute approximate surface area is 114 Å². The fraction of sp³-hybridized carbons (Fsp3) is 0.143. The van der Waals surface area contributed by atoms with Crippen LogP contribution in [0, 0.1) is 5.82 Å². The molecule has 0 radical (unpaired) electrons. The van der Waals surface area contributed by atoms with Crippen molar-refractivity contribution in [2.45, 2.75) is 6.54 Å². The van der Waals surface area contributed by atoms with Crippen LogP contribution in [0.15, 0.2) is 46.9 Å². The molecule has 2 N–H and O–H groups in total. The minimum absolute atomic E-state index is 0.238. The van der Waals surface area contributed by atoms with E-state index in [-0.39, 0.29) is 5.82 Å². The molecule has 0 unspecified atom stereocenters. The predicted octanol–water partition coefficient (Wildman–Crippen LogP) is 3.81.